The number of carbonyl (C=O) groups is 1. The molecule has 0 saturated heterocycles. The Morgan fingerprint density at radius 1 is 0.860 bits per heavy atom. The van der Waals surface area contributed by atoms with Crippen LogP contribution < -0.4 is 30.2 Å². The van der Waals surface area contributed by atoms with Crippen molar-refractivity contribution >= 4 is 39.8 Å². The van der Waals surface area contributed by atoms with Crippen LogP contribution in [-0.2, 0) is 5.41 Å². The second-order valence-corrected chi connectivity index (χ2v) is 13.2. The minimum absolute atomic E-state index is 0.202. The highest BCUT2D eigenvalue weighted by atomic mass is 16.5. The van der Waals surface area contributed by atoms with Gasteiger partial charge in [0, 0.05) is 52.5 Å². The molecule has 3 N–H and O–H groups in total. The zero-order valence-corrected chi connectivity index (χ0v) is 29.7. The molecule has 5 aromatic rings. The van der Waals surface area contributed by atoms with Crippen molar-refractivity contribution in [3.05, 3.63) is 108 Å². The summed E-state index contributed by atoms with van der Waals surface area (Å²) in [5, 5.41) is 16.1. The molecule has 0 bridgehead atoms. The zero-order valence-electron chi connectivity index (χ0n) is 29.7. The maximum atomic E-state index is 13.5. The molecule has 6 rings (SSSR count). The molecular weight excluding hydrogens is 628 g/mol. The Bertz CT molecular complexity index is 2090. The van der Waals surface area contributed by atoms with Crippen molar-refractivity contribution in [2.75, 3.05) is 36.7 Å². The number of anilines is 3. The number of benzene rings is 4. The first kappa shape index (κ1) is 34.1. The number of carbonyl (C=O) groups excluding carboxylic acids is 1. The predicted molar refractivity (Wildman–Crippen MR) is 202 cm³/mol. The number of hydrogen-bond donors (Lipinski definition) is 3. The van der Waals surface area contributed by atoms with E-state index in [0.29, 0.717) is 41.7 Å². The van der Waals surface area contributed by atoms with Gasteiger partial charge in [-0.15, -0.1) is 0 Å². The molecule has 50 heavy (non-hydrogen) atoms. The summed E-state index contributed by atoms with van der Waals surface area (Å²) in [7, 11) is 3.23. The van der Waals surface area contributed by atoms with E-state index in [1.54, 1.807) is 18.9 Å². The number of hydrogen-bond acceptors (Lipinski definition) is 7. The van der Waals surface area contributed by atoms with Gasteiger partial charge in [0.25, 0.3) is 0 Å². The highest BCUT2D eigenvalue weighted by Gasteiger charge is 2.23. The number of rotatable bonds is 9. The number of ether oxygens (including phenoxy) is 3. The van der Waals surface area contributed by atoms with Gasteiger partial charge in [-0.3, -0.25) is 10.3 Å². The molecule has 2 amide bonds. The minimum Gasteiger partial charge on any atom is -0.493 e. The predicted octanol–water partition coefficient (Wildman–Crippen LogP) is 9.25. The molecule has 0 radical (unpaired) electrons. The standard InChI is InChI=1S/C40H44N6O4/c1-8-28-33(21-22-41-38(28)42-26-15-19-34(48-6)35(23-26)49-7)50-32-20-18-31(29-11-9-10-12-30(29)32)43-39(47)44-37-24-36(40(3,4)5)45-46(37)27-16-13-25(2)14-17-27/h9-20,23-24H,8,21-22H2,1-7H3,(H,41,42)(H2,43,44,47). The summed E-state index contributed by atoms with van der Waals surface area (Å²) in [6.07, 6.45) is 1.39. The average molecular weight is 673 g/mol. The topological polar surface area (TPSA) is 111 Å². The van der Waals surface area contributed by atoms with Crippen LogP contribution in [0.2, 0.25) is 0 Å². The molecular formula is C40H44N6O4. The fourth-order valence-corrected chi connectivity index (χ4v) is 5.88. The number of urea groups is 1. The van der Waals surface area contributed by atoms with Gasteiger partial charge in [0.05, 0.1) is 31.3 Å². The molecule has 258 valence electrons. The first-order valence-corrected chi connectivity index (χ1v) is 16.8. The lowest BCUT2D eigenvalue weighted by Crippen LogP contribution is -2.23. The summed E-state index contributed by atoms with van der Waals surface area (Å²) in [5.74, 6) is 4.19. The van der Waals surface area contributed by atoms with Gasteiger partial charge in [-0.25, -0.2) is 9.48 Å². The van der Waals surface area contributed by atoms with E-state index in [9.17, 15) is 4.79 Å². The lowest BCUT2D eigenvalue weighted by Gasteiger charge is -2.23. The fraction of sp³-hybridized carbons (Fsp3) is 0.275. The first-order valence-electron chi connectivity index (χ1n) is 16.8. The molecule has 1 aromatic heterocycles. The maximum absolute atomic E-state index is 13.5. The van der Waals surface area contributed by atoms with Gasteiger partial charge in [-0.1, -0.05) is 69.7 Å². The third-order valence-corrected chi connectivity index (χ3v) is 8.59. The Hall–Kier alpha value is -5.77. The highest BCUT2D eigenvalue weighted by molar-refractivity contribution is 6.09. The maximum Gasteiger partial charge on any atom is 0.324 e. The number of fused-ring (bicyclic) bond motifs is 1. The van der Waals surface area contributed by atoms with Crippen LogP contribution >= 0.6 is 0 Å². The Balaban J connectivity index is 1.24. The molecule has 0 atom stereocenters. The monoisotopic (exact) mass is 672 g/mol. The number of aromatic nitrogens is 2. The Morgan fingerprint density at radius 2 is 1.58 bits per heavy atom. The lowest BCUT2D eigenvalue weighted by atomic mass is 9.92. The summed E-state index contributed by atoms with van der Waals surface area (Å²) >= 11 is 0. The van der Waals surface area contributed by atoms with Crippen LogP contribution in [0.1, 0.15) is 51.8 Å². The summed E-state index contributed by atoms with van der Waals surface area (Å²) in [4.78, 5) is 18.3. The van der Waals surface area contributed by atoms with Crippen molar-refractivity contribution < 1.29 is 19.0 Å². The largest absolute Gasteiger partial charge is 0.493 e. The number of methoxy groups -OCH3 is 2. The van der Waals surface area contributed by atoms with E-state index in [4.69, 9.17) is 24.3 Å². The lowest BCUT2D eigenvalue weighted by molar-refractivity contribution is 0.262. The van der Waals surface area contributed by atoms with Crippen LogP contribution in [-0.4, -0.2) is 42.4 Å². The van der Waals surface area contributed by atoms with Gasteiger partial charge in [-0.2, -0.15) is 5.10 Å². The molecule has 4 aromatic carbocycles. The molecule has 2 heterocycles. The molecule has 0 unspecified atom stereocenters. The van der Waals surface area contributed by atoms with E-state index in [1.165, 1.54) is 0 Å². The van der Waals surface area contributed by atoms with Gasteiger partial charge in [0.2, 0.25) is 0 Å². The second-order valence-electron chi connectivity index (χ2n) is 13.2. The Kier molecular flexibility index (Phi) is 9.81. The molecule has 10 nitrogen and oxygen atoms in total. The van der Waals surface area contributed by atoms with Crippen LogP contribution in [0, 0.1) is 6.92 Å². The van der Waals surface area contributed by atoms with Gasteiger partial charge >= 0.3 is 6.03 Å². The highest BCUT2D eigenvalue weighted by Crippen LogP contribution is 2.36. The molecule has 0 spiro atoms. The molecule has 0 aliphatic carbocycles. The normalized spacial score (nSPS) is 13.1. The van der Waals surface area contributed by atoms with Crippen LogP contribution in [0.15, 0.2) is 101 Å². The van der Waals surface area contributed by atoms with Crippen LogP contribution in [0.4, 0.5) is 22.0 Å². The van der Waals surface area contributed by atoms with E-state index in [-0.39, 0.29) is 11.4 Å². The van der Waals surface area contributed by atoms with Gasteiger partial charge < -0.3 is 24.8 Å². The zero-order chi connectivity index (χ0) is 35.4. The van der Waals surface area contributed by atoms with Crippen molar-refractivity contribution in [3.63, 3.8) is 0 Å². The SMILES string of the molecule is CCC1=C(Oc2ccc(NC(=O)Nc3cc(C(C)(C)C)nn3-c3ccc(C)cc3)c3ccccc23)CCN=C1Nc1ccc(OC)c(OC)c1. The van der Waals surface area contributed by atoms with Gasteiger partial charge in [0.15, 0.2) is 11.5 Å². The summed E-state index contributed by atoms with van der Waals surface area (Å²) < 4.78 is 19.3. The van der Waals surface area contributed by atoms with Crippen molar-refractivity contribution in [1.82, 2.24) is 9.78 Å². The quantitative estimate of drug-likeness (QED) is 0.144. The van der Waals surface area contributed by atoms with Crippen LogP contribution in [0.5, 0.6) is 17.2 Å². The smallest absolute Gasteiger partial charge is 0.324 e. The molecule has 1 aliphatic rings. The van der Waals surface area contributed by atoms with Crippen molar-refractivity contribution in [1.29, 1.82) is 0 Å². The fourth-order valence-electron chi connectivity index (χ4n) is 5.88. The molecule has 0 saturated carbocycles. The van der Waals surface area contributed by atoms with E-state index in [1.807, 2.05) is 91.9 Å². The summed E-state index contributed by atoms with van der Waals surface area (Å²) in [6.45, 7) is 11.0. The van der Waals surface area contributed by atoms with Crippen LogP contribution in [0.3, 0.4) is 0 Å². The summed E-state index contributed by atoms with van der Waals surface area (Å²) in [5.41, 5.74) is 5.18. The molecule has 1 aliphatic heterocycles. The average Bonchev–Trinajstić information content (AvgIpc) is 3.54. The number of nitrogens with zero attached hydrogens (tertiary/aromatic N) is 3. The Morgan fingerprint density at radius 3 is 2.28 bits per heavy atom. The van der Waals surface area contributed by atoms with Crippen molar-refractivity contribution in [3.8, 4) is 22.9 Å². The second kappa shape index (κ2) is 14.4. The molecule has 0 fully saturated rings. The number of aryl methyl sites for hydroxylation is 1. The van der Waals surface area contributed by atoms with Gasteiger partial charge in [0.1, 0.15) is 23.2 Å². The van der Waals surface area contributed by atoms with E-state index >= 15 is 0 Å². The Labute approximate surface area is 293 Å². The number of aliphatic imine (C=N–C) groups is 1. The number of dihydropyridines is 1. The number of amidine groups is 1. The van der Waals surface area contributed by atoms with Crippen LogP contribution in [0.25, 0.3) is 16.5 Å². The third-order valence-electron chi connectivity index (χ3n) is 8.59. The molecule has 10 heteroatoms. The van der Waals surface area contributed by atoms with Gasteiger partial charge in [-0.05, 0) is 49.7 Å². The third kappa shape index (κ3) is 7.29. The number of amides is 2. The van der Waals surface area contributed by atoms with E-state index in [2.05, 4.69) is 43.6 Å². The van der Waals surface area contributed by atoms with E-state index < -0.39 is 0 Å². The van der Waals surface area contributed by atoms with Crippen molar-refractivity contribution in [2.24, 2.45) is 4.99 Å². The summed E-state index contributed by atoms with van der Waals surface area (Å²) in [6, 6.07) is 27.0. The first-order chi connectivity index (χ1) is 24.1. The number of nitrogens with one attached hydrogen (secondary N) is 3. The minimum atomic E-state index is -0.372. The van der Waals surface area contributed by atoms with E-state index in [0.717, 1.165) is 57.0 Å². The van der Waals surface area contributed by atoms with Crippen molar-refractivity contribution in [2.45, 2.75) is 52.9 Å².